The van der Waals surface area contributed by atoms with E-state index < -0.39 is 18.4 Å². The summed E-state index contributed by atoms with van der Waals surface area (Å²) in [6.45, 7) is 8.95. The molecule has 2 aromatic heterocycles. The number of imidazole rings is 1. The number of H-pyrrole nitrogens is 1. The van der Waals surface area contributed by atoms with E-state index in [2.05, 4.69) is 30.9 Å². The molecule has 0 saturated heterocycles. The number of rotatable bonds is 16. The van der Waals surface area contributed by atoms with Gasteiger partial charge < -0.3 is 29.0 Å². The van der Waals surface area contributed by atoms with Gasteiger partial charge in [0.05, 0.1) is 54.4 Å². The lowest BCUT2D eigenvalue weighted by Crippen LogP contribution is -2.31. The highest BCUT2D eigenvalue weighted by molar-refractivity contribution is 6.02. The second-order valence-corrected chi connectivity index (χ2v) is 12.9. The van der Waals surface area contributed by atoms with Crippen LogP contribution in [-0.4, -0.2) is 91.0 Å². The minimum atomic E-state index is -1.23. The molecule has 3 aromatic carbocycles. The fraction of sp³-hybridized carbons (Fsp3) is 0.421. The number of nitrogens with one attached hydrogen (secondary N) is 1. The SMILES string of the molecule is CCOc1nc2cccc(C(=O)OC(C)OC(=O)OCC3CCC(O/N=[N+](\[O-])N(CC)CC)CC3)c2n1Cc1ccc(-c2ccccc2-c2nn[nH]n2)cc1. The lowest BCUT2D eigenvalue weighted by molar-refractivity contribution is -0.711. The van der Waals surface area contributed by atoms with Crippen molar-refractivity contribution in [2.45, 2.75) is 72.3 Å². The molecule has 55 heavy (non-hydrogen) atoms. The minimum absolute atomic E-state index is 0.0949. The second kappa shape index (κ2) is 18.2. The molecule has 1 saturated carbocycles. The Bertz CT molecular complexity index is 2060. The number of carbonyl (C=O) groups is 2. The van der Waals surface area contributed by atoms with Gasteiger partial charge in [0, 0.05) is 12.5 Å². The Morgan fingerprint density at radius 3 is 2.42 bits per heavy atom. The number of carbonyl (C=O) groups excluding carboxylic acids is 2. The number of esters is 1. The van der Waals surface area contributed by atoms with E-state index in [0.29, 0.717) is 66.9 Å². The van der Waals surface area contributed by atoms with Crippen LogP contribution < -0.4 is 4.74 Å². The van der Waals surface area contributed by atoms with E-state index in [4.69, 9.17) is 23.8 Å². The molecule has 0 aliphatic heterocycles. The van der Waals surface area contributed by atoms with Crippen LogP contribution in [0.1, 0.15) is 69.3 Å². The fourth-order valence-electron chi connectivity index (χ4n) is 6.51. The van der Waals surface area contributed by atoms with Crippen molar-refractivity contribution in [2.24, 2.45) is 11.2 Å². The molecular weight excluding hydrogens is 710 g/mol. The normalized spacial score (nSPS) is 16.3. The zero-order valence-electron chi connectivity index (χ0n) is 31.3. The number of fused-ring (bicyclic) bond motifs is 1. The van der Waals surface area contributed by atoms with E-state index >= 15 is 0 Å². The second-order valence-electron chi connectivity index (χ2n) is 12.9. The average Bonchev–Trinajstić information content (AvgIpc) is 3.86. The first kappa shape index (κ1) is 38.5. The van der Waals surface area contributed by atoms with Crippen LogP contribution >= 0.6 is 0 Å². The predicted molar refractivity (Wildman–Crippen MR) is 198 cm³/mol. The zero-order valence-corrected chi connectivity index (χ0v) is 31.3. The molecule has 1 N–H and O–H groups in total. The van der Waals surface area contributed by atoms with E-state index in [1.165, 1.54) is 11.9 Å². The lowest BCUT2D eigenvalue weighted by Gasteiger charge is -2.26. The number of aromatic nitrogens is 6. The Hall–Kier alpha value is -6.26. The summed E-state index contributed by atoms with van der Waals surface area (Å²) < 4.78 is 23.9. The molecule has 1 aliphatic carbocycles. The first-order chi connectivity index (χ1) is 26.8. The minimum Gasteiger partial charge on any atom is -0.569 e. The standard InChI is InChI=1S/C38H45N9O8/c1-5-45(6-2)47(50)44-55-29-21-17-27(18-22-29)24-52-38(49)54-25(4)53-36(48)32-13-10-14-33-34(32)46(37(39-33)51-7-3)23-26-15-19-28(20-16-26)30-11-8-9-12-31(30)35-40-42-43-41-35/h8-16,19-20,25,27,29H,5-7,17-18,21-24H2,1-4H3,(H,40,41,42,43)/b47-44-. The molecular formula is C38H45N9O8. The third-order valence-electron chi connectivity index (χ3n) is 9.35. The molecule has 0 radical (unpaired) electrons. The molecule has 0 bridgehead atoms. The Labute approximate surface area is 317 Å². The molecule has 5 aromatic rings. The summed E-state index contributed by atoms with van der Waals surface area (Å²) in [5, 5.41) is 31.7. The maximum atomic E-state index is 13.6. The van der Waals surface area contributed by atoms with Gasteiger partial charge in [-0.25, -0.2) is 9.59 Å². The Kier molecular flexibility index (Phi) is 12.7. The van der Waals surface area contributed by atoms with Gasteiger partial charge in [0.15, 0.2) is 0 Å². The van der Waals surface area contributed by atoms with Gasteiger partial charge in [-0.15, -0.1) is 15.2 Å². The van der Waals surface area contributed by atoms with E-state index in [-0.39, 0.29) is 24.2 Å². The number of tetrazole rings is 1. The van der Waals surface area contributed by atoms with E-state index in [9.17, 15) is 14.8 Å². The van der Waals surface area contributed by atoms with Crippen LogP contribution in [0.4, 0.5) is 4.79 Å². The molecule has 290 valence electrons. The first-order valence-corrected chi connectivity index (χ1v) is 18.4. The largest absolute Gasteiger partial charge is 0.569 e. The molecule has 1 fully saturated rings. The number of para-hydroxylation sites is 1. The van der Waals surface area contributed by atoms with Gasteiger partial charge in [0.25, 0.3) is 6.01 Å². The van der Waals surface area contributed by atoms with Crippen LogP contribution in [0, 0.1) is 11.1 Å². The fourth-order valence-corrected chi connectivity index (χ4v) is 6.51. The summed E-state index contributed by atoms with van der Waals surface area (Å²) in [5.74, 6) is -0.108. The Morgan fingerprint density at radius 2 is 1.73 bits per heavy atom. The summed E-state index contributed by atoms with van der Waals surface area (Å²) in [5.41, 5.74) is 4.99. The third-order valence-corrected chi connectivity index (χ3v) is 9.35. The topological polar surface area (TPSA) is 194 Å². The number of nitrogens with zero attached hydrogens (tertiary/aromatic N) is 8. The Balaban J connectivity index is 1.06. The quantitative estimate of drug-likeness (QED) is 0.0368. The van der Waals surface area contributed by atoms with Crippen molar-refractivity contribution >= 4 is 23.2 Å². The van der Waals surface area contributed by atoms with Crippen LogP contribution in [0.15, 0.2) is 72.0 Å². The summed E-state index contributed by atoms with van der Waals surface area (Å²) in [7, 11) is 0. The van der Waals surface area contributed by atoms with Gasteiger partial charge in [-0.1, -0.05) is 54.6 Å². The van der Waals surface area contributed by atoms with Crippen LogP contribution in [0.5, 0.6) is 6.01 Å². The van der Waals surface area contributed by atoms with Gasteiger partial charge in [-0.3, -0.25) is 4.57 Å². The number of hydrazine groups is 1. The summed E-state index contributed by atoms with van der Waals surface area (Å²) in [4.78, 5) is 36.7. The van der Waals surface area contributed by atoms with Crippen LogP contribution in [0.2, 0.25) is 0 Å². The zero-order chi connectivity index (χ0) is 38.7. The van der Waals surface area contributed by atoms with Crippen molar-refractivity contribution in [2.75, 3.05) is 26.3 Å². The third kappa shape index (κ3) is 9.46. The summed E-state index contributed by atoms with van der Waals surface area (Å²) in [6.07, 6.45) is 0.433. The number of hydrogen-bond acceptors (Lipinski definition) is 13. The maximum Gasteiger partial charge on any atom is 0.511 e. The molecule has 0 amide bonds. The van der Waals surface area contributed by atoms with Crippen molar-refractivity contribution in [3.63, 3.8) is 0 Å². The number of ether oxygens (including phenoxy) is 4. The van der Waals surface area contributed by atoms with Crippen molar-refractivity contribution in [3.8, 4) is 28.5 Å². The maximum absolute atomic E-state index is 13.6. The van der Waals surface area contributed by atoms with E-state index in [0.717, 1.165) is 35.1 Å². The number of aromatic amines is 1. The molecule has 1 atom stereocenters. The number of benzene rings is 3. The van der Waals surface area contributed by atoms with E-state index in [1.807, 2.05) is 73.9 Å². The van der Waals surface area contributed by atoms with Crippen molar-refractivity contribution < 1.29 is 38.3 Å². The molecule has 1 unspecified atom stereocenters. The highest BCUT2D eigenvalue weighted by Crippen LogP contribution is 2.32. The van der Waals surface area contributed by atoms with E-state index in [1.54, 1.807) is 18.2 Å². The van der Waals surface area contributed by atoms with Gasteiger partial charge in [0.1, 0.15) is 6.10 Å². The van der Waals surface area contributed by atoms with Crippen LogP contribution in [0.3, 0.4) is 0 Å². The van der Waals surface area contributed by atoms with Crippen molar-refractivity contribution in [1.82, 2.24) is 35.2 Å². The van der Waals surface area contributed by atoms with Gasteiger partial charge in [0.2, 0.25) is 17.4 Å². The summed E-state index contributed by atoms with van der Waals surface area (Å²) in [6, 6.07) is 21.3. The predicted octanol–water partition coefficient (Wildman–Crippen LogP) is 6.70. The highest BCUT2D eigenvalue weighted by Gasteiger charge is 2.27. The monoisotopic (exact) mass is 755 g/mol. The van der Waals surface area contributed by atoms with Crippen LogP contribution in [0.25, 0.3) is 33.5 Å². The Morgan fingerprint density at radius 1 is 0.982 bits per heavy atom. The van der Waals surface area contributed by atoms with Gasteiger partial charge in [-0.2, -0.15) is 10.2 Å². The highest BCUT2D eigenvalue weighted by atomic mass is 16.8. The smallest absolute Gasteiger partial charge is 0.511 e. The van der Waals surface area contributed by atoms with Crippen molar-refractivity contribution in [3.05, 3.63) is 83.1 Å². The molecule has 17 heteroatoms. The van der Waals surface area contributed by atoms with Gasteiger partial charge in [-0.05, 0) is 86.4 Å². The molecule has 2 heterocycles. The first-order valence-electron chi connectivity index (χ1n) is 18.4. The van der Waals surface area contributed by atoms with Crippen LogP contribution in [-0.2, 0) is 25.6 Å². The molecule has 17 nitrogen and oxygen atoms in total. The summed E-state index contributed by atoms with van der Waals surface area (Å²) >= 11 is 0. The lowest BCUT2D eigenvalue weighted by atomic mass is 9.88. The molecule has 0 spiro atoms. The molecule has 1 aliphatic rings. The molecule has 6 rings (SSSR count). The average molecular weight is 756 g/mol. The number of hydrogen-bond donors (Lipinski definition) is 1. The van der Waals surface area contributed by atoms with Crippen molar-refractivity contribution in [1.29, 1.82) is 0 Å². The van der Waals surface area contributed by atoms with Gasteiger partial charge >= 0.3 is 12.1 Å².